The minimum Gasteiger partial charge on any atom is -0.478 e. The normalized spacial score (nSPS) is 10.2. The Bertz CT molecular complexity index is 418. The van der Waals surface area contributed by atoms with E-state index in [4.69, 9.17) is 5.11 Å². The smallest absolute Gasteiger partial charge is 0.339 e. The van der Waals surface area contributed by atoms with Crippen LogP contribution in [0.5, 0.6) is 0 Å². The van der Waals surface area contributed by atoms with E-state index < -0.39 is 5.97 Å². The Kier molecular flexibility index (Phi) is 1.59. The van der Waals surface area contributed by atoms with Crippen molar-refractivity contribution in [2.45, 2.75) is 0 Å². The van der Waals surface area contributed by atoms with Crippen LogP contribution < -0.4 is 0 Å². The summed E-state index contributed by atoms with van der Waals surface area (Å²) in [5.74, 6) is -1.05. The van der Waals surface area contributed by atoms with Gasteiger partial charge in [0.25, 0.3) is 0 Å². The SMILES string of the molecule is O=C(O)c1cn[nH]c1-c1ccon1. The molecule has 2 aromatic heterocycles. The van der Waals surface area contributed by atoms with Crippen molar-refractivity contribution in [2.75, 3.05) is 0 Å². The standard InChI is InChI=1S/C7H5N3O3/c11-7(12)4-3-8-9-6(4)5-1-2-13-10-5/h1-3H,(H,8,9)(H,11,12). The van der Waals surface area contributed by atoms with Gasteiger partial charge in [-0.3, -0.25) is 5.10 Å². The molecule has 0 spiro atoms. The molecule has 0 aliphatic carbocycles. The van der Waals surface area contributed by atoms with E-state index in [1.165, 1.54) is 12.5 Å². The molecule has 0 aliphatic rings. The number of aromatic nitrogens is 3. The maximum atomic E-state index is 10.7. The molecule has 2 aromatic rings. The molecule has 0 atom stereocenters. The van der Waals surface area contributed by atoms with Crippen LogP contribution >= 0.6 is 0 Å². The molecule has 0 saturated carbocycles. The van der Waals surface area contributed by atoms with E-state index in [2.05, 4.69) is 19.9 Å². The Morgan fingerprint density at radius 2 is 2.46 bits per heavy atom. The van der Waals surface area contributed by atoms with Gasteiger partial charge in [-0.2, -0.15) is 5.10 Å². The molecule has 2 rings (SSSR count). The molecule has 6 heteroatoms. The number of aromatic carboxylic acids is 1. The molecular weight excluding hydrogens is 174 g/mol. The van der Waals surface area contributed by atoms with Gasteiger partial charge in [0.1, 0.15) is 23.2 Å². The van der Waals surface area contributed by atoms with E-state index in [-0.39, 0.29) is 5.56 Å². The molecule has 0 unspecified atom stereocenters. The predicted octanol–water partition coefficient (Wildman–Crippen LogP) is 0.763. The number of nitrogens with one attached hydrogen (secondary N) is 1. The number of rotatable bonds is 2. The average molecular weight is 179 g/mol. The lowest BCUT2D eigenvalue weighted by Crippen LogP contribution is -1.96. The molecule has 2 N–H and O–H groups in total. The second kappa shape index (κ2) is 2.74. The van der Waals surface area contributed by atoms with Gasteiger partial charge in [0.2, 0.25) is 0 Å². The highest BCUT2D eigenvalue weighted by molar-refractivity contribution is 5.93. The van der Waals surface area contributed by atoms with Crippen molar-refractivity contribution in [3.63, 3.8) is 0 Å². The summed E-state index contributed by atoms with van der Waals surface area (Å²) in [5.41, 5.74) is 0.852. The van der Waals surface area contributed by atoms with Crippen LogP contribution in [-0.2, 0) is 0 Å². The lowest BCUT2D eigenvalue weighted by Gasteiger charge is -1.91. The summed E-state index contributed by atoms with van der Waals surface area (Å²) in [7, 11) is 0. The molecular formula is C7H5N3O3. The van der Waals surface area contributed by atoms with E-state index in [0.717, 1.165) is 0 Å². The van der Waals surface area contributed by atoms with E-state index in [1.807, 2.05) is 0 Å². The summed E-state index contributed by atoms with van der Waals surface area (Å²) in [4.78, 5) is 10.7. The molecule has 2 heterocycles. The number of hydrogen-bond donors (Lipinski definition) is 2. The van der Waals surface area contributed by atoms with Crippen LogP contribution in [0.2, 0.25) is 0 Å². The third kappa shape index (κ3) is 1.18. The van der Waals surface area contributed by atoms with Gasteiger partial charge in [0.05, 0.1) is 6.20 Å². The number of hydrogen-bond acceptors (Lipinski definition) is 4. The topological polar surface area (TPSA) is 92.0 Å². The zero-order valence-electron chi connectivity index (χ0n) is 6.39. The fourth-order valence-electron chi connectivity index (χ4n) is 0.985. The van der Waals surface area contributed by atoms with Gasteiger partial charge in [0.15, 0.2) is 0 Å². The van der Waals surface area contributed by atoms with Gasteiger partial charge in [-0.1, -0.05) is 5.16 Å². The van der Waals surface area contributed by atoms with E-state index >= 15 is 0 Å². The molecule has 0 radical (unpaired) electrons. The molecule has 0 saturated heterocycles. The van der Waals surface area contributed by atoms with Gasteiger partial charge in [-0.15, -0.1) is 0 Å². The van der Waals surface area contributed by atoms with Gasteiger partial charge in [0, 0.05) is 6.07 Å². The summed E-state index contributed by atoms with van der Waals surface area (Å²) in [6, 6.07) is 1.56. The van der Waals surface area contributed by atoms with Crippen molar-refractivity contribution in [1.82, 2.24) is 15.4 Å². The second-order valence-corrected chi connectivity index (χ2v) is 2.35. The third-order valence-corrected chi connectivity index (χ3v) is 1.56. The Labute approximate surface area is 72.2 Å². The summed E-state index contributed by atoms with van der Waals surface area (Å²) in [5, 5.41) is 18.5. The summed E-state index contributed by atoms with van der Waals surface area (Å²) < 4.78 is 4.58. The first-order valence-electron chi connectivity index (χ1n) is 3.46. The minimum absolute atomic E-state index is 0.0777. The molecule has 0 aromatic carbocycles. The second-order valence-electron chi connectivity index (χ2n) is 2.35. The zero-order chi connectivity index (χ0) is 9.26. The Balaban J connectivity index is 2.52. The largest absolute Gasteiger partial charge is 0.478 e. The molecule has 13 heavy (non-hydrogen) atoms. The monoisotopic (exact) mass is 179 g/mol. The minimum atomic E-state index is -1.05. The molecule has 0 aliphatic heterocycles. The first-order chi connectivity index (χ1) is 6.29. The molecule has 6 nitrogen and oxygen atoms in total. The van der Waals surface area contributed by atoms with E-state index in [9.17, 15) is 4.79 Å². The molecule has 0 bridgehead atoms. The van der Waals surface area contributed by atoms with Crippen LogP contribution in [0.25, 0.3) is 11.4 Å². The Morgan fingerprint density at radius 3 is 3.08 bits per heavy atom. The van der Waals surface area contributed by atoms with Crippen molar-refractivity contribution in [3.05, 3.63) is 24.1 Å². The number of nitrogens with zero attached hydrogens (tertiary/aromatic N) is 2. The highest BCUT2D eigenvalue weighted by Gasteiger charge is 2.15. The maximum absolute atomic E-state index is 10.7. The summed E-state index contributed by atoms with van der Waals surface area (Å²) >= 11 is 0. The van der Waals surface area contributed by atoms with Crippen LogP contribution in [0, 0.1) is 0 Å². The molecule has 0 fully saturated rings. The van der Waals surface area contributed by atoms with Crippen LogP contribution in [0.4, 0.5) is 0 Å². The lowest BCUT2D eigenvalue weighted by molar-refractivity contribution is 0.0698. The Hall–Kier alpha value is -2.11. The quantitative estimate of drug-likeness (QED) is 0.710. The van der Waals surface area contributed by atoms with Gasteiger partial charge in [-0.25, -0.2) is 4.79 Å². The van der Waals surface area contributed by atoms with Gasteiger partial charge in [-0.05, 0) is 0 Å². The number of aromatic amines is 1. The predicted molar refractivity (Wildman–Crippen MR) is 41.0 cm³/mol. The molecule has 66 valence electrons. The lowest BCUT2D eigenvalue weighted by atomic mass is 10.2. The van der Waals surface area contributed by atoms with E-state index in [0.29, 0.717) is 11.4 Å². The van der Waals surface area contributed by atoms with Crippen molar-refractivity contribution in [2.24, 2.45) is 0 Å². The summed E-state index contributed by atoms with van der Waals surface area (Å²) in [6.07, 6.45) is 2.59. The van der Waals surface area contributed by atoms with Crippen molar-refractivity contribution in [3.8, 4) is 11.4 Å². The van der Waals surface area contributed by atoms with E-state index in [1.54, 1.807) is 6.07 Å². The van der Waals surface area contributed by atoms with Crippen LogP contribution in [0.15, 0.2) is 23.0 Å². The van der Waals surface area contributed by atoms with Crippen molar-refractivity contribution < 1.29 is 14.4 Å². The van der Waals surface area contributed by atoms with Gasteiger partial charge >= 0.3 is 5.97 Å². The van der Waals surface area contributed by atoms with Crippen LogP contribution in [0.3, 0.4) is 0 Å². The fraction of sp³-hybridized carbons (Fsp3) is 0. The van der Waals surface area contributed by atoms with Gasteiger partial charge < -0.3 is 9.63 Å². The fourth-order valence-corrected chi connectivity index (χ4v) is 0.985. The first-order valence-corrected chi connectivity index (χ1v) is 3.46. The Morgan fingerprint density at radius 1 is 1.62 bits per heavy atom. The zero-order valence-corrected chi connectivity index (χ0v) is 6.39. The first kappa shape index (κ1) is 7.53. The molecule has 0 amide bonds. The number of carboxylic acid groups (broad SMARTS) is 1. The average Bonchev–Trinajstić information content (AvgIpc) is 2.74. The van der Waals surface area contributed by atoms with Crippen LogP contribution in [0.1, 0.15) is 10.4 Å². The number of H-pyrrole nitrogens is 1. The number of carboxylic acids is 1. The highest BCUT2D eigenvalue weighted by Crippen LogP contribution is 2.18. The van der Waals surface area contributed by atoms with Crippen LogP contribution in [-0.4, -0.2) is 26.4 Å². The van der Waals surface area contributed by atoms with Crippen molar-refractivity contribution >= 4 is 5.97 Å². The third-order valence-electron chi connectivity index (χ3n) is 1.56. The highest BCUT2D eigenvalue weighted by atomic mass is 16.5. The summed E-state index contributed by atoms with van der Waals surface area (Å²) in [6.45, 7) is 0. The number of carbonyl (C=O) groups is 1. The van der Waals surface area contributed by atoms with Crippen molar-refractivity contribution in [1.29, 1.82) is 0 Å². The maximum Gasteiger partial charge on any atom is 0.339 e.